The monoisotopic (exact) mass is 290 g/mol. The van der Waals surface area contributed by atoms with Crippen molar-refractivity contribution in [2.24, 2.45) is 5.92 Å². The van der Waals surface area contributed by atoms with Gasteiger partial charge in [0, 0.05) is 43.4 Å². The molecule has 1 amide bonds. The fourth-order valence-corrected chi connectivity index (χ4v) is 3.60. The molecule has 1 aromatic heterocycles. The van der Waals surface area contributed by atoms with E-state index in [0.717, 1.165) is 56.6 Å². The maximum absolute atomic E-state index is 12.9. The first-order valence-corrected chi connectivity index (χ1v) is 8.24. The van der Waals surface area contributed by atoms with Crippen LogP contribution in [0.4, 0.5) is 0 Å². The van der Waals surface area contributed by atoms with Gasteiger partial charge in [-0.1, -0.05) is 13.8 Å². The van der Waals surface area contributed by atoms with E-state index in [1.165, 1.54) is 6.42 Å². The number of amides is 1. The number of carbonyl (C=O) groups excluding carboxylic acids is 1. The maximum atomic E-state index is 12.9. The Labute approximate surface area is 126 Å². The zero-order valence-corrected chi connectivity index (χ0v) is 13.1. The molecule has 1 saturated heterocycles. The summed E-state index contributed by atoms with van der Waals surface area (Å²) in [7, 11) is 0. The van der Waals surface area contributed by atoms with E-state index in [1.54, 1.807) is 0 Å². The number of hydrogen-bond donors (Lipinski definition) is 2. The lowest BCUT2D eigenvalue weighted by Crippen LogP contribution is -2.45. The highest BCUT2D eigenvalue weighted by Crippen LogP contribution is 2.26. The predicted octanol–water partition coefficient (Wildman–Crippen LogP) is 2.10. The number of aromatic nitrogens is 2. The Kier molecular flexibility index (Phi) is 4.29. The van der Waals surface area contributed by atoms with Gasteiger partial charge in [0.15, 0.2) is 5.69 Å². The second-order valence-electron chi connectivity index (χ2n) is 6.73. The molecule has 0 radical (unpaired) electrons. The van der Waals surface area contributed by atoms with Gasteiger partial charge in [0.25, 0.3) is 5.91 Å². The standard InChI is InChI=1S/C16H26N4O/c1-11(2)9-12-5-3-4-8-20(12)16(21)15-13-10-17-7-6-14(13)18-19-15/h11-12,17H,3-10H2,1-2H3,(H,18,19). The number of likely N-dealkylation sites (tertiary alicyclic amines) is 1. The fourth-order valence-electron chi connectivity index (χ4n) is 3.60. The van der Waals surface area contributed by atoms with E-state index in [9.17, 15) is 4.79 Å². The van der Waals surface area contributed by atoms with Crippen LogP contribution in [-0.4, -0.2) is 40.1 Å². The van der Waals surface area contributed by atoms with E-state index >= 15 is 0 Å². The molecule has 5 nitrogen and oxygen atoms in total. The lowest BCUT2D eigenvalue weighted by atomic mass is 9.93. The number of H-pyrrole nitrogens is 1. The first-order valence-electron chi connectivity index (χ1n) is 8.24. The van der Waals surface area contributed by atoms with Gasteiger partial charge in [0.2, 0.25) is 0 Å². The number of aromatic amines is 1. The number of rotatable bonds is 3. The summed E-state index contributed by atoms with van der Waals surface area (Å²) in [6.45, 7) is 7.07. The molecule has 0 aliphatic carbocycles. The average Bonchev–Trinajstić information content (AvgIpc) is 2.90. The van der Waals surface area contributed by atoms with Crippen molar-refractivity contribution in [2.45, 2.75) is 58.5 Å². The van der Waals surface area contributed by atoms with Crippen molar-refractivity contribution in [1.82, 2.24) is 20.4 Å². The molecule has 5 heteroatoms. The summed E-state index contributed by atoms with van der Waals surface area (Å²) in [6, 6.07) is 0.384. The Bertz CT molecular complexity index is 508. The molecule has 2 aliphatic rings. The van der Waals surface area contributed by atoms with E-state index < -0.39 is 0 Å². The zero-order valence-electron chi connectivity index (χ0n) is 13.1. The quantitative estimate of drug-likeness (QED) is 0.896. The third kappa shape index (κ3) is 2.98. The molecule has 1 unspecified atom stereocenters. The largest absolute Gasteiger partial charge is 0.334 e. The maximum Gasteiger partial charge on any atom is 0.274 e. The smallest absolute Gasteiger partial charge is 0.274 e. The van der Waals surface area contributed by atoms with Crippen LogP contribution in [0.15, 0.2) is 0 Å². The SMILES string of the molecule is CC(C)CC1CCCCN1C(=O)c1n[nH]c2c1CNCC2. The summed E-state index contributed by atoms with van der Waals surface area (Å²) in [5.74, 6) is 0.750. The molecule has 0 saturated carbocycles. The minimum atomic E-state index is 0.126. The number of nitrogens with one attached hydrogen (secondary N) is 2. The third-order valence-electron chi connectivity index (χ3n) is 4.64. The van der Waals surface area contributed by atoms with Crippen molar-refractivity contribution in [3.8, 4) is 0 Å². The Morgan fingerprint density at radius 2 is 2.29 bits per heavy atom. The molecule has 3 rings (SSSR count). The van der Waals surface area contributed by atoms with Crippen LogP contribution in [-0.2, 0) is 13.0 Å². The molecule has 0 aromatic carbocycles. The molecule has 116 valence electrons. The molecule has 2 N–H and O–H groups in total. The van der Waals surface area contributed by atoms with Crippen LogP contribution < -0.4 is 5.32 Å². The highest BCUT2D eigenvalue weighted by atomic mass is 16.2. The summed E-state index contributed by atoms with van der Waals surface area (Å²) < 4.78 is 0. The van der Waals surface area contributed by atoms with Crippen molar-refractivity contribution in [3.05, 3.63) is 17.0 Å². The van der Waals surface area contributed by atoms with Gasteiger partial charge in [-0.05, 0) is 31.6 Å². The van der Waals surface area contributed by atoms with E-state index in [2.05, 4.69) is 34.3 Å². The second-order valence-corrected chi connectivity index (χ2v) is 6.73. The van der Waals surface area contributed by atoms with Crippen molar-refractivity contribution >= 4 is 5.91 Å². The van der Waals surface area contributed by atoms with Gasteiger partial charge >= 0.3 is 0 Å². The molecule has 1 fully saturated rings. The topological polar surface area (TPSA) is 61.0 Å². The lowest BCUT2D eigenvalue weighted by Gasteiger charge is -2.36. The summed E-state index contributed by atoms with van der Waals surface area (Å²) in [5.41, 5.74) is 2.86. The number of nitrogens with zero attached hydrogens (tertiary/aromatic N) is 2. The molecular weight excluding hydrogens is 264 g/mol. The van der Waals surface area contributed by atoms with Crippen LogP contribution in [0.5, 0.6) is 0 Å². The highest BCUT2D eigenvalue weighted by Gasteiger charge is 2.31. The number of piperidine rings is 1. The summed E-state index contributed by atoms with van der Waals surface area (Å²) >= 11 is 0. The molecule has 0 spiro atoms. The Morgan fingerprint density at radius 3 is 3.10 bits per heavy atom. The van der Waals surface area contributed by atoms with Gasteiger partial charge < -0.3 is 10.2 Å². The van der Waals surface area contributed by atoms with Crippen LogP contribution in [0.3, 0.4) is 0 Å². The van der Waals surface area contributed by atoms with Crippen molar-refractivity contribution in [2.75, 3.05) is 13.1 Å². The lowest BCUT2D eigenvalue weighted by molar-refractivity contribution is 0.0577. The Hall–Kier alpha value is -1.36. The molecule has 1 aromatic rings. The predicted molar refractivity (Wildman–Crippen MR) is 82.1 cm³/mol. The van der Waals surface area contributed by atoms with Crippen LogP contribution in [0.2, 0.25) is 0 Å². The first kappa shape index (κ1) is 14.6. The molecule has 21 heavy (non-hydrogen) atoms. The van der Waals surface area contributed by atoms with Crippen LogP contribution >= 0.6 is 0 Å². The van der Waals surface area contributed by atoms with E-state index in [1.807, 2.05) is 0 Å². The van der Waals surface area contributed by atoms with Gasteiger partial charge in [-0.25, -0.2) is 0 Å². The van der Waals surface area contributed by atoms with Crippen molar-refractivity contribution < 1.29 is 4.79 Å². The van der Waals surface area contributed by atoms with E-state index in [-0.39, 0.29) is 5.91 Å². The number of carbonyl (C=O) groups is 1. The van der Waals surface area contributed by atoms with Gasteiger partial charge in [-0.3, -0.25) is 9.89 Å². The van der Waals surface area contributed by atoms with Crippen LogP contribution in [0.1, 0.15) is 61.3 Å². The van der Waals surface area contributed by atoms with Crippen LogP contribution in [0, 0.1) is 5.92 Å². The minimum absolute atomic E-state index is 0.126. The van der Waals surface area contributed by atoms with Gasteiger partial charge in [0.1, 0.15) is 0 Å². The summed E-state index contributed by atoms with van der Waals surface area (Å²) in [5, 5.41) is 10.7. The summed E-state index contributed by atoms with van der Waals surface area (Å²) in [4.78, 5) is 15.0. The molecule has 0 bridgehead atoms. The van der Waals surface area contributed by atoms with Gasteiger partial charge in [0.05, 0.1) is 0 Å². The van der Waals surface area contributed by atoms with E-state index in [4.69, 9.17) is 0 Å². The zero-order chi connectivity index (χ0) is 14.8. The van der Waals surface area contributed by atoms with Crippen molar-refractivity contribution in [3.63, 3.8) is 0 Å². The van der Waals surface area contributed by atoms with Gasteiger partial charge in [-0.2, -0.15) is 5.10 Å². The fraction of sp³-hybridized carbons (Fsp3) is 0.750. The molecule has 1 atom stereocenters. The minimum Gasteiger partial charge on any atom is -0.334 e. The van der Waals surface area contributed by atoms with E-state index in [0.29, 0.717) is 17.7 Å². The molecule has 2 aliphatic heterocycles. The number of hydrogen-bond acceptors (Lipinski definition) is 3. The van der Waals surface area contributed by atoms with Gasteiger partial charge in [-0.15, -0.1) is 0 Å². The molecule has 3 heterocycles. The average molecular weight is 290 g/mol. The van der Waals surface area contributed by atoms with Crippen LogP contribution in [0.25, 0.3) is 0 Å². The van der Waals surface area contributed by atoms with Crippen molar-refractivity contribution in [1.29, 1.82) is 0 Å². The molecular formula is C16H26N4O. The highest BCUT2D eigenvalue weighted by molar-refractivity contribution is 5.94. The normalized spacial score (nSPS) is 22.4. The Balaban J connectivity index is 1.81. The first-order chi connectivity index (χ1) is 10.2. The number of fused-ring (bicyclic) bond motifs is 1. The summed E-state index contributed by atoms with van der Waals surface area (Å²) in [6.07, 6.45) is 5.52. The third-order valence-corrected chi connectivity index (χ3v) is 4.64. The second kappa shape index (κ2) is 6.18. The Morgan fingerprint density at radius 1 is 1.43 bits per heavy atom.